The van der Waals surface area contributed by atoms with Gasteiger partial charge < -0.3 is 4.53 Å². The number of hydrogen-bond acceptors (Lipinski definition) is 2. The SMILES string of the molecule is C/C(=N/O[Si](C)(C)C)c1ccccc1. The van der Waals surface area contributed by atoms with Crippen molar-refractivity contribution in [1.29, 1.82) is 0 Å². The number of hydrogen-bond donors (Lipinski definition) is 0. The third-order valence-electron chi connectivity index (χ3n) is 1.65. The molecule has 76 valence electrons. The zero-order chi connectivity index (χ0) is 10.6. The van der Waals surface area contributed by atoms with E-state index in [2.05, 4.69) is 24.8 Å². The van der Waals surface area contributed by atoms with Crippen molar-refractivity contribution in [3.05, 3.63) is 35.9 Å². The standard InChI is InChI=1S/C11H17NOSi/c1-10(12-13-14(2,3)4)11-8-6-5-7-9-11/h5-9H,1-4H3/b12-10-. The molecule has 0 unspecified atom stereocenters. The van der Waals surface area contributed by atoms with E-state index in [0.29, 0.717) is 0 Å². The Bertz CT molecular complexity index is 314. The number of benzene rings is 1. The largest absolute Gasteiger partial charge is 0.455 e. The first kappa shape index (κ1) is 11.0. The van der Waals surface area contributed by atoms with E-state index in [-0.39, 0.29) is 0 Å². The van der Waals surface area contributed by atoms with Crippen molar-refractivity contribution in [2.45, 2.75) is 26.6 Å². The van der Waals surface area contributed by atoms with Gasteiger partial charge in [0, 0.05) is 0 Å². The van der Waals surface area contributed by atoms with Crippen LogP contribution in [-0.4, -0.2) is 14.0 Å². The third kappa shape index (κ3) is 3.74. The first-order valence-electron chi connectivity index (χ1n) is 4.77. The van der Waals surface area contributed by atoms with Crippen molar-refractivity contribution in [1.82, 2.24) is 0 Å². The van der Waals surface area contributed by atoms with Crippen molar-refractivity contribution < 1.29 is 4.53 Å². The lowest BCUT2D eigenvalue weighted by molar-refractivity contribution is 0.335. The molecule has 1 aromatic rings. The summed E-state index contributed by atoms with van der Waals surface area (Å²) < 4.78 is 5.47. The van der Waals surface area contributed by atoms with Crippen LogP contribution in [0.15, 0.2) is 35.5 Å². The molecule has 0 N–H and O–H groups in total. The molecule has 0 radical (unpaired) electrons. The van der Waals surface area contributed by atoms with Gasteiger partial charge in [0.15, 0.2) is 0 Å². The van der Waals surface area contributed by atoms with Crippen LogP contribution in [0.5, 0.6) is 0 Å². The lowest BCUT2D eigenvalue weighted by Crippen LogP contribution is -2.22. The topological polar surface area (TPSA) is 21.6 Å². The molecule has 0 saturated heterocycles. The van der Waals surface area contributed by atoms with E-state index in [1.54, 1.807) is 0 Å². The molecule has 3 heteroatoms. The van der Waals surface area contributed by atoms with Crippen molar-refractivity contribution >= 4 is 14.0 Å². The Hall–Kier alpha value is -1.09. The molecule has 0 atom stereocenters. The number of oxime groups is 1. The van der Waals surface area contributed by atoms with Gasteiger partial charge in [-0.25, -0.2) is 0 Å². The molecule has 14 heavy (non-hydrogen) atoms. The summed E-state index contributed by atoms with van der Waals surface area (Å²) in [4.78, 5) is 0. The van der Waals surface area contributed by atoms with Gasteiger partial charge in [-0.1, -0.05) is 30.3 Å². The summed E-state index contributed by atoms with van der Waals surface area (Å²) >= 11 is 0. The van der Waals surface area contributed by atoms with Crippen LogP contribution in [0.2, 0.25) is 19.6 Å². The summed E-state index contributed by atoms with van der Waals surface area (Å²) in [6.07, 6.45) is 0. The van der Waals surface area contributed by atoms with E-state index in [4.69, 9.17) is 4.53 Å². The van der Waals surface area contributed by atoms with Gasteiger partial charge in [-0.2, -0.15) is 0 Å². The highest BCUT2D eigenvalue weighted by molar-refractivity contribution is 6.69. The Morgan fingerprint density at radius 3 is 2.21 bits per heavy atom. The van der Waals surface area contributed by atoms with Gasteiger partial charge in [-0.3, -0.25) is 0 Å². The zero-order valence-corrected chi connectivity index (χ0v) is 10.2. The van der Waals surface area contributed by atoms with Gasteiger partial charge in [0.25, 0.3) is 8.32 Å². The molecule has 1 aromatic carbocycles. The Morgan fingerprint density at radius 1 is 1.14 bits per heavy atom. The Morgan fingerprint density at radius 2 is 1.71 bits per heavy atom. The second-order valence-corrected chi connectivity index (χ2v) is 8.65. The van der Waals surface area contributed by atoms with Crippen LogP contribution < -0.4 is 0 Å². The van der Waals surface area contributed by atoms with Crippen molar-refractivity contribution in [2.24, 2.45) is 5.16 Å². The van der Waals surface area contributed by atoms with E-state index >= 15 is 0 Å². The van der Waals surface area contributed by atoms with E-state index in [1.165, 1.54) is 0 Å². The minimum absolute atomic E-state index is 0.938. The molecule has 2 nitrogen and oxygen atoms in total. The molecule has 0 fully saturated rings. The van der Waals surface area contributed by atoms with E-state index in [9.17, 15) is 0 Å². The van der Waals surface area contributed by atoms with Crippen molar-refractivity contribution in [2.75, 3.05) is 0 Å². The molecule has 0 bridgehead atoms. The predicted octanol–water partition coefficient (Wildman–Crippen LogP) is 3.26. The summed E-state index contributed by atoms with van der Waals surface area (Å²) in [7, 11) is -1.54. The van der Waals surface area contributed by atoms with Crippen molar-refractivity contribution in [3.8, 4) is 0 Å². The molecule has 0 spiro atoms. The average molecular weight is 207 g/mol. The number of nitrogens with zero attached hydrogens (tertiary/aromatic N) is 1. The second kappa shape index (κ2) is 4.42. The molecule has 0 amide bonds. The quantitative estimate of drug-likeness (QED) is 0.423. The lowest BCUT2D eigenvalue weighted by Gasteiger charge is -2.13. The minimum atomic E-state index is -1.54. The Labute approximate surface area is 86.7 Å². The Kier molecular flexibility index (Phi) is 3.47. The molecule has 0 aliphatic heterocycles. The first-order valence-corrected chi connectivity index (χ1v) is 8.18. The number of rotatable bonds is 3. The van der Waals surface area contributed by atoms with Crippen LogP contribution in [0, 0.1) is 0 Å². The maximum Gasteiger partial charge on any atom is 0.278 e. The summed E-state index contributed by atoms with van der Waals surface area (Å²) in [6.45, 7) is 8.33. The van der Waals surface area contributed by atoms with E-state index < -0.39 is 8.32 Å². The zero-order valence-electron chi connectivity index (χ0n) is 9.24. The maximum absolute atomic E-state index is 5.47. The highest BCUT2D eigenvalue weighted by atomic mass is 28.4. The molecule has 1 rings (SSSR count). The normalized spacial score (nSPS) is 12.7. The van der Waals surface area contributed by atoms with E-state index in [0.717, 1.165) is 11.3 Å². The predicted molar refractivity (Wildman–Crippen MR) is 63.1 cm³/mol. The molecule has 0 heterocycles. The van der Waals surface area contributed by atoms with Crippen LogP contribution in [0.3, 0.4) is 0 Å². The fraction of sp³-hybridized carbons (Fsp3) is 0.364. The average Bonchev–Trinajstić information content (AvgIpc) is 2.14. The first-order chi connectivity index (χ1) is 6.49. The maximum atomic E-state index is 5.47. The summed E-state index contributed by atoms with van der Waals surface area (Å²) in [5.74, 6) is 0. The molecule has 0 aromatic heterocycles. The van der Waals surface area contributed by atoms with Crippen LogP contribution in [0.4, 0.5) is 0 Å². The summed E-state index contributed by atoms with van der Waals surface area (Å²) in [5.41, 5.74) is 2.05. The highest BCUT2D eigenvalue weighted by Crippen LogP contribution is 2.06. The fourth-order valence-corrected chi connectivity index (χ4v) is 1.35. The van der Waals surface area contributed by atoms with Gasteiger partial charge in [0.2, 0.25) is 0 Å². The van der Waals surface area contributed by atoms with Gasteiger partial charge in [-0.15, -0.1) is 5.16 Å². The van der Waals surface area contributed by atoms with Gasteiger partial charge >= 0.3 is 0 Å². The van der Waals surface area contributed by atoms with Crippen LogP contribution in [0.25, 0.3) is 0 Å². The van der Waals surface area contributed by atoms with Gasteiger partial charge in [0.05, 0.1) is 5.71 Å². The van der Waals surface area contributed by atoms with Crippen LogP contribution in [0.1, 0.15) is 12.5 Å². The summed E-state index contributed by atoms with van der Waals surface area (Å²) in [6, 6.07) is 10.1. The lowest BCUT2D eigenvalue weighted by atomic mass is 10.1. The van der Waals surface area contributed by atoms with Crippen molar-refractivity contribution in [3.63, 3.8) is 0 Å². The monoisotopic (exact) mass is 207 g/mol. The second-order valence-electron chi connectivity index (χ2n) is 4.25. The smallest absolute Gasteiger partial charge is 0.278 e. The van der Waals surface area contributed by atoms with E-state index in [1.807, 2.05) is 37.3 Å². The van der Waals surface area contributed by atoms with Crippen LogP contribution >= 0.6 is 0 Å². The highest BCUT2D eigenvalue weighted by Gasteiger charge is 2.15. The molecular formula is C11H17NOSi. The Balaban J connectivity index is 2.71. The van der Waals surface area contributed by atoms with Crippen LogP contribution in [-0.2, 0) is 4.53 Å². The molecule has 0 aliphatic rings. The third-order valence-corrected chi connectivity index (χ3v) is 2.29. The molecule has 0 aliphatic carbocycles. The molecular weight excluding hydrogens is 190 g/mol. The fourth-order valence-electron chi connectivity index (χ4n) is 0.937. The molecule has 0 saturated carbocycles. The van der Waals surface area contributed by atoms with Gasteiger partial charge in [0.1, 0.15) is 0 Å². The summed E-state index contributed by atoms with van der Waals surface area (Å²) in [5, 5.41) is 4.14. The minimum Gasteiger partial charge on any atom is -0.455 e. The van der Waals surface area contributed by atoms with Gasteiger partial charge in [-0.05, 0) is 32.1 Å².